The van der Waals surface area contributed by atoms with E-state index in [9.17, 15) is 22.8 Å². The van der Waals surface area contributed by atoms with Crippen molar-refractivity contribution >= 4 is 17.5 Å². The van der Waals surface area contributed by atoms with Gasteiger partial charge in [-0.3, -0.25) is 9.59 Å². The lowest BCUT2D eigenvalue weighted by Crippen LogP contribution is -2.36. The molecule has 2 rings (SSSR count). The maximum absolute atomic E-state index is 12.8. The first-order valence-electron chi connectivity index (χ1n) is 7.51. The van der Waals surface area contributed by atoms with Crippen molar-refractivity contribution in [3.63, 3.8) is 0 Å². The Morgan fingerprint density at radius 1 is 1.20 bits per heavy atom. The minimum absolute atomic E-state index is 0.211. The van der Waals surface area contributed by atoms with Crippen molar-refractivity contribution in [1.82, 2.24) is 9.47 Å². The van der Waals surface area contributed by atoms with Crippen molar-refractivity contribution in [2.24, 2.45) is 0 Å². The Labute approximate surface area is 147 Å². The fraction of sp³-hybridized carbons (Fsp3) is 0.294. The average Bonchev–Trinajstić information content (AvgIpc) is 2.55. The number of rotatable bonds is 5. The number of carbonyl (C=O) groups excluding carboxylic acids is 1. The fourth-order valence-electron chi connectivity index (χ4n) is 2.28. The van der Waals surface area contributed by atoms with Crippen LogP contribution in [-0.2, 0) is 24.1 Å². The molecule has 4 nitrogen and oxygen atoms in total. The van der Waals surface area contributed by atoms with Crippen molar-refractivity contribution < 1.29 is 18.0 Å². The van der Waals surface area contributed by atoms with Crippen LogP contribution in [0.3, 0.4) is 0 Å². The highest BCUT2D eigenvalue weighted by molar-refractivity contribution is 6.31. The molecule has 0 aliphatic carbocycles. The SMILES string of the molecule is CCN(Cc1ccccc1Cl)C(=O)Cn1cc(C(F)(F)F)ccc1=O. The number of nitrogens with zero attached hydrogens (tertiary/aromatic N) is 2. The summed E-state index contributed by atoms with van der Waals surface area (Å²) in [6.45, 7) is 1.81. The topological polar surface area (TPSA) is 42.3 Å². The summed E-state index contributed by atoms with van der Waals surface area (Å²) in [5, 5.41) is 0.491. The normalized spacial score (nSPS) is 11.4. The fourth-order valence-corrected chi connectivity index (χ4v) is 2.47. The van der Waals surface area contributed by atoms with Gasteiger partial charge in [0.05, 0.1) is 5.56 Å². The average molecular weight is 373 g/mol. The molecule has 25 heavy (non-hydrogen) atoms. The first-order valence-corrected chi connectivity index (χ1v) is 7.89. The van der Waals surface area contributed by atoms with Crippen LogP contribution in [0.25, 0.3) is 0 Å². The molecule has 0 fully saturated rings. The lowest BCUT2D eigenvalue weighted by Gasteiger charge is -2.22. The molecule has 2 aromatic rings. The molecule has 0 unspecified atom stereocenters. The third-order valence-corrected chi connectivity index (χ3v) is 4.04. The molecule has 134 valence electrons. The zero-order valence-electron chi connectivity index (χ0n) is 13.4. The monoisotopic (exact) mass is 372 g/mol. The van der Waals surface area contributed by atoms with Gasteiger partial charge in [-0.2, -0.15) is 13.2 Å². The second kappa shape index (κ2) is 7.74. The number of pyridine rings is 1. The molecule has 1 aromatic carbocycles. The quantitative estimate of drug-likeness (QED) is 0.805. The van der Waals surface area contributed by atoms with Gasteiger partial charge in [-0.25, -0.2) is 0 Å². The van der Waals surface area contributed by atoms with Crippen LogP contribution in [0.15, 0.2) is 47.4 Å². The van der Waals surface area contributed by atoms with E-state index < -0.39 is 29.8 Å². The highest BCUT2D eigenvalue weighted by atomic mass is 35.5. The Kier molecular flexibility index (Phi) is 5.89. The number of likely N-dealkylation sites (N-methyl/N-ethyl adjacent to an activating group) is 1. The summed E-state index contributed by atoms with van der Waals surface area (Å²) >= 11 is 6.07. The highest BCUT2D eigenvalue weighted by Crippen LogP contribution is 2.28. The van der Waals surface area contributed by atoms with Crippen molar-refractivity contribution in [2.45, 2.75) is 26.2 Å². The summed E-state index contributed by atoms with van der Waals surface area (Å²) in [5.74, 6) is -0.469. The van der Waals surface area contributed by atoms with Gasteiger partial charge in [-0.15, -0.1) is 0 Å². The molecule has 0 saturated heterocycles. The summed E-state index contributed by atoms with van der Waals surface area (Å²) in [6, 6.07) is 8.48. The Morgan fingerprint density at radius 3 is 2.48 bits per heavy atom. The molecule has 0 aliphatic rings. The molecule has 8 heteroatoms. The maximum atomic E-state index is 12.8. The van der Waals surface area contributed by atoms with Gasteiger partial charge in [0, 0.05) is 30.4 Å². The van der Waals surface area contributed by atoms with E-state index in [1.165, 1.54) is 4.90 Å². The number of carbonyl (C=O) groups is 1. The molecule has 0 atom stereocenters. The molecule has 0 spiro atoms. The molecule has 0 N–H and O–H groups in total. The van der Waals surface area contributed by atoms with Crippen LogP contribution in [-0.4, -0.2) is 21.9 Å². The largest absolute Gasteiger partial charge is 0.417 e. The summed E-state index contributed by atoms with van der Waals surface area (Å²) in [5.41, 5.74) is -0.931. The van der Waals surface area contributed by atoms with Crippen molar-refractivity contribution in [3.8, 4) is 0 Å². The molecular weight excluding hydrogens is 357 g/mol. The van der Waals surface area contributed by atoms with Gasteiger partial charge in [0.15, 0.2) is 0 Å². The van der Waals surface area contributed by atoms with Crippen molar-refractivity contribution in [1.29, 1.82) is 0 Å². The number of amides is 1. The van der Waals surface area contributed by atoms with Gasteiger partial charge in [0.2, 0.25) is 5.91 Å². The van der Waals surface area contributed by atoms with Crippen molar-refractivity contribution in [3.05, 3.63) is 69.1 Å². The molecule has 1 aromatic heterocycles. The number of halogens is 4. The van der Waals surface area contributed by atoms with Crippen LogP contribution in [0.1, 0.15) is 18.1 Å². The van der Waals surface area contributed by atoms with E-state index in [0.717, 1.165) is 16.2 Å². The van der Waals surface area contributed by atoms with Crippen LogP contribution in [0, 0.1) is 0 Å². The second-order valence-corrected chi connectivity index (χ2v) is 5.79. The Balaban J connectivity index is 2.20. The lowest BCUT2D eigenvalue weighted by atomic mass is 10.2. The Hall–Kier alpha value is -2.28. The number of benzene rings is 1. The Bertz CT molecular complexity index is 818. The van der Waals surface area contributed by atoms with Gasteiger partial charge in [0.1, 0.15) is 6.54 Å². The van der Waals surface area contributed by atoms with Crippen LogP contribution in [0.5, 0.6) is 0 Å². The zero-order valence-corrected chi connectivity index (χ0v) is 14.1. The lowest BCUT2D eigenvalue weighted by molar-refractivity contribution is -0.138. The smallest absolute Gasteiger partial charge is 0.337 e. The van der Waals surface area contributed by atoms with Gasteiger partial charge >= 0.3 is 6.18 Å². The molecule has 0 saturated carbocycles. The minimum Gasteiger partial charge on any atom is -0.337 e. The van der Waals surface area contributed by atoms with E-state index in [1.54, 1.807) is 31.2 Å². The second-order valence-electron chi connectivity index (χ2n) is 5.38. The van der Waals surface area contributed by atoms with Crippen LogP contribution in [0.4, 0.5) is 13.2 Å². The van der Waals surface area contributed by atoms with E-state index >= 15 is 0 Å². The Morgan fingerprint density at radius 2 is 1.88 bits per heavy atom. The number of alkyl halides is 3. The van der Waals surface area contributed by atoms with Gasteiger partial charge in [-0.1, -0.05) is 29.8 Å². The first-order chi connectivity index (χ1) is 11.7. The third-order valence-electron chi connectivity index (χ3n) is 3.67. The summed E-state index contributed by atoms with van der Waals surface area (Å²) < 4.78 is 39.1. The number of hydrogen-bond acceptors (Lipinski definition) is 2. The standard InChI is InChI=1S/C17H16ClF3N2O2/c1-2-22(9-12-5-3-4-6-14(12)18)16(25)11-23-10-13(17(19,20)21)7-8-15(23)24/h3-8,10H,2,9,11H2,1H3. The van der Waals surface area contributed by atoms with Crippen LogP contribution in [0.2, 0.25) is 5.02 Å². The van der Waals surface area contributed by atoms with Crippen LogP contribution < -0.4 is 5.56 Å². The van der Waals surface area contributed by atoms with E-state index in [0.29, 0.717) is 23.8 Å². The van der Waals surface area contributed by atoms with E-state index in [-0.39, 0.29) is 6.54 Å². The summed E-state index contributed by atoms with van der Waals surface area (Å²) in [6.07, 6.45) is -3.93. The van der Waals surface area contributed by atoms with E-state index in [1.807, 2.05) is 0 Å². The maximum Gasteiger partial charge on any atom is 0.417 e. The number of aromatic nitrogens is 1. The molecule has 0 radical (unpaired) electrons. The van der Waals surface area contributed by atoms with Gasteiger partial charge < -0.3 is 9.47 Å². The molecular formula is C17H16ClF3N2O2. The van der Waals surface area contributed by atoms with E-state index in [2.05, 4.69) is 0 Å². The number of hydrogen-bond donors (Lipinski definition) is 0. The highest BCUT2D eigenvalue weighted by Gasteiger charge is 2.31. The minimum atomic E-state index is -4.58. The molecule has 1 amide bonds. The van der Waals surface area contributed by atoms with Gasteiger partial charge in [-0.05, 0) is 24.6 Å². The third kappa shape index (κ3) is 4.85. The van der Waals surface area contributed by atoms with Crippen molar-refractivity contribution in [2.75, 3.05) is 6.54 Å². The van der Waals surface area contributed by atoms with Crippen LogP contribution >= 0.6 is 11.6 Å². The predicted octanol–water partition coefficient (Wildman–Crippen LogP) is 3.57. The predicted molar refractivity (Wildman–Crippen MR) is 88.2 cm³/mol. The molecule has 0 aliphatic heterocycles. The zero-order chi connectivity index (χ0) is 18.6. The summed E-state index contributed by atoms with van der Waals surface area (Å²) in [4.78, 5) is 25.6. The molecule has 1 heterocycles. The van der Waals surface area contributed by atoms with Gasteiger partial charge in [0.25, 0.3) is 5.56 Å². The first kappa shape index (κ1) is 19.1. The molecule has 0 bridgehead atoms. The van der Waals surface area contributed by atoms with E-state index in [4.69, 9.17) is 11.6 Å². The summed E-state index contributed by atoms with van der Waals surface area (Å²) in [7, 11) is 0.